The first-order chi connectivity index (χ1) is 66.9. The molecule has 0 radical (unpaired) electrons. The number of ether oxygens (including phenoxy) is 1. The summed E-state index contributed by atoms with van der Waals surface area (Å²) in [6.45, 7) is 21.5. The Labute approximate surface area is 822 Å². The predicted octanol–water partition coefficient (Wildman–Crippen LogP) is 27.8. The number of nitrogens with zero attached hydrogens (tertiary/aromatic N) is 6. The van der Waals surface area contributed by atoms with E-state index in [1.165, 1.54) is 261 Å². The molecule has 18 aromatic carbocycles. The minimum Gasteiger partial charge on any atom is -0.453 e. The van der Waals surface area contributed by atoms with Gasteiger partial charge in [-0.2, -0.15) is 0 Å². The molecule has 0 bridgehead atoms. The highest BCUT2D eigenvalue weighted by Crippen LogP contribution is 2.63. The Kier molecular flexibility index (Phi) is 16.7. The molecule has 0 unspecified atom stereocenters. The van der Waals surface area contributed by atoms with Crippen molar-refractivity contribution in [1.29, 1.82) is 0 Å². The van der Waals surface area contributed by atoms with Gasteiger partial charge in [0.25, 0.3) is 0 Å². The summed E-state index contributed by atoms with van der Waals surface area (Å²) in [6.07, 6.45) is 1.42. The highest BCUT2D eigenvalue weighted by atomic mass is 32.2. The standard InChI is InChI=1S/C121H87B3N6OS5Si/c1-68-52-79-76-62-84-85(121(6,7)83-31-14-13-30-82(83)120(84,4)5)65-94(76)129(123-86-32-25-39-101-117(86)125(97(53-68)114(79)123)90-35-15-18-38-100(90)131-101)89-51-50-71(54-70(89)3)55-73-57-81-78-64-109-111(136-106-44-23-21-42-104(106)134-109)67-96(78)130(124-88-34-27-47-113-119(88)127(99(61-73)116(81)124)92-37-17-24-46-112(92)137(113,8)9)93-59-72(49-48-69(93)2)56-74-58-80-77-63-108-110(135-105-43-22-20-41-103(105)133-108)66-95(77)128(75-28-11-10-12-29-75)122-87-33-26-45-107-118(87)126(98(60-74)115(80)122)91-36-16-19-40-102(91)132-107/h10-54,57-67H,55-56H2,1-9H3. The molecule has 16 heteroatoms. The third-order valence-corrected chi connectivity index (χ3v) is 41.6. The Balaban J connectivity index is 0.598. The molecule has 0 atom stereocenters. The van der Waals surface area contributed by atoms with E-state index in [4.69, 9.17) is 4.74 Å². The number of aryl methyl sites for hydroxylation is 3. The second kappa shape index (κ2) is 28.7. The predicted molar refractivity (Wildman–Crippen MR) is 581 cm³/mol. The van der Waals surface area contributed by atoms with Crippen molar-refractivity contribution >= 4 is 216 Å². The van der Waals surface area contributed by atoms with Gasteiger partial charge in [-0.15, -0.1) is 0 Å². The summed E-state index contributed by atoms with van der Waals surface area (Å²) in [7, 11) is -2.38. The van der Waals surface area contributed by atoms with Gasteiger partial charge in [-0.1, -0.05) is 294 Å². The van der Waals surface area contributed by atoms with E-state index in [1.807, 2.05) is 58.8 Å². The molecule has 0 amide bonds. The second-order valence-corrected chi connectivity index (χ2v) is 50.5. The molecule has 7 nitrogen and oxygen atoms in total. The Morgan fingerprint density at radius 1 is 0.270 bits per heavy atom. The van der Waals surface area contributed by atoms with Gasteiger partial charge in [-0.25, -0.2) is 0 Å². The molecule has 18 aromatic rings. The Morgan fingerprint density at radius 3 is 1.37 bits per heavy atom. The van der Waals surface area contributed by atoms with Crippen LogP contribution in [0.2, 0.25) is 13.1 Å². The topological polar surface area (TPSA) is 28.7 Å². The number of hydrogen-bond acceptors (Lipinski definition) is 12. The van der Waals surface area contributed by atoms with Crippen LogP contribution in [0.25, 0.3) is 33.4 Å². The third kappa shape index (κ3) is 11.1. The highest BCUT2D eigenvalue weighted by molar-refractivity contribution is 8.05. The van der Waals surface area contributed by atoms with Crippen molar-refractivity contribution in [3.8, 4) is 44.9 Å². The largest absolute Gasteiger partial charge is 0.453 e. The first kappa shape index (κ1) is 79.9. The summed E-state index contributed by atoms with van der Waals surface area (Å²) >= 11 is 9.57. The molecule has 1 aliphatic carbocycles. The average molecular weight is 1860 g/mol. The summed E-state index contributed by atoms with van der Waals surface area (Å²) in [4.78, 5) is 29.1. The SMILES string of the molecule is Cc1cc2c3c(c1)N1c4ccccc4Oc4cccc(c41)B3N(c1ccc(Cc3cc4c5c(c3)N3c6ccccc6[Si](C)(C)c6cccc(c63)B5N(c3cc(Cc5cc6c7c(c5)N5c8ccccc8Sc8cccc(c85)B7N(c5ccccc5)c5cc7c(cc5-6)Sc5ccccc5S7)ccc3C)c3cc5c(cc3-4)Sc3ccccc3S5)cc1C)c1cc3c(cc1-2)C(C)(C)c1ccccc1C3(C)C. The van der Waals surface area contributed by atoms with Crippen molar-refractivity contribution in [2.45, 2.75) is 134 Å². The van der Waals surface area contributed by atoms with E-state index in [2.05, 4.69) is 430 Å². The first-order valence-electron chi connectivity index (χ1n) is 48.0. The summed E-state index contributed by atoms with van der Waals surface area (Å²) in [5.74, 6) is 1.74. The number of benzene rings is 18. The molecule has 650 valence electrons. The van der Waals surface area contributed by atoms with Crippen LogP contribution in [0.3, 0.4) is 0 Å². The van der Waals surface area contributed by atoms with E-state index in [0.29, 0.717) is 12.8 Å². The molecule has 0 saturated heterocycles. The zero-order chi connectivity index (χ0) is 91.0. The lowest BCUT2D eigenvalue weighted by Crippen LogP contribution is -2.67. The van der Waals surface area contributed by atoms with Crippen LogP contribution < -0.4 is 77.0 Å². The normalized spacial score (nSPS) is 15.9. The minimum absolute atomic E-state index is 0.109. The third-order valence-electron chi connectivity index (χ3n) is 31.9. The summed E-state index contributed by atoms with van der Waals surface area (Å²) < 4.78 is 7.02. The summed E-state index contributed by atoms with van der Waals surface area (Å²) in [6, 6.07) is 133. The highest BCUT2D eigenvalue weighted by Gasteiger charge is 2.55. The van der Waals surface area contributed by atoms with Crippen LogP contribution >= 0.6 is 58.8 Å². The van der Waals surface area contributed by atoms with Gasteiger partial charge in [0.15, 0.2) is 11.5 Å². The number of fused-ring (bicyclic) bond motifs is 24. The molecule has 11 heterocycles. The van der Waals surface area contributed by atoms with Crippen molar-refractivity contribution in [2.75, 3.05) is 29.1 Å². The van der Waals surface area contributed by atoms with Crippen LogP contribution in [0.1, 0.15) is 88.9 Å². The maximum Gasteiger partial charge on any atom is 0.333 e. The molecule has 12 aliphatic rings. The Bertz CT molecular complexity index is 8570. The quantitative estimate of drug-likeness (QED) is 0.142. The molecule has 30 rings (SSSR count). The lowest BCUT2D eigenvalue weighted by molar-refractivity contribution is 0.477. The fraction of sp³-hybridized carbons (Fsp3) is 0.107. The summed E-state index contributed by atoms with van der Waals surface area (Å²) in [5, 5.41) is 2.94. The minimum atomic E-state index is -2.38. The van der Waals surface area contributed by atoms with E-state index in [1.54, 1.807) is 0 Å². The van der Waals surface area contributed by atoms with E-state index in [9.17, 15) is 0 Å². The van der Waals surface area contributed by atoms with Crippen molar-refractivity contribution in [2.24, 2.45) is 0 Å². The van der Waals surface area contributed by atoms with Gasteiger partial charge in [-0.3, -0.25) is 0 Å². The van der Waals surface area contributed by atoms with Gasteiger partial charge in [0.1, 0.15) is 8.07 Å². The van der Waals surface area contributed by atoms with Crippen molar-refractivity contribution in [3.05, 3.63) is 401 Å². The van der Waals surface area contributed by atoms with Crippen LogP contribution in [0.5, 0.6) is 11.5 Å². The number of hydrogen-bond donors (Lipinski definition) is 0. The Morgan fingerprint density at radius 2 is 0.715 bits per heavy atom. The lowest BCUT2D eigenvalue weighted by Gasteiger charge is -2.50. The number of anilines is 15. The van der Waals surface area contributed by atoms with Gasteiger partial charge in [0, 0.05) is 139 Å². The van der Waals surface area contributed by atoms with Gasteiger partial charge < -0.3 is 33.9 Å². The maximum absolute atomic E-state index is 7.02. The second-order valence-electron chi connectivity index (χ2n) is 40.7. The molecule has 0 N–H and O–H groups in total. The van der Waals surface area contributed by atoms with Gasteiger partial charge >= 0.3 is 20.5 Å². The van der Waals surface area contributed by atoms with E-state index in [0.717, 1.165) is 22.9 Å². The van der Waals surface area contributed by atoms with Crippen LogP contribution in [0.15, 0.2) is 389 Å². The molecule has 0 aromatic heterocycles. The van der Waals surface area contributed by atoms with Crippen LogP contribution in [0.4, 0.5) is 85.3 Å². The zero-order valence-electron chi connectivity index (χ0n) is 77.1. The fourth-order valence-electron chi connectivity index (χ4n) is 25.9. The van der Waals surface area contributed by atoms with Crippen LogP contribution in [0, 0.1) is 20.8 Å². The van der Waals surface area contributed by atoms with E-state index < -0.39 is 8.07 Å². The van der Waals surface area contributed by atoms with Crippen LogP contribution in [-0.2, 0) is 23.7 Å². The van der Waals surface area contributed by atoms with Crippen molar-refractivity contribution < 1.29 is 4.74 Å². The zero-order valence-corrected chi connectivity index (χ0v) is 82.2. The molecule has 0 fully saturated rings. The number of para-hydroxylation sites is 8. The van der Waals surface area contributed by atoms with E-state index in [-0.39, 0.29) is 31.4 Å². The molecule has 137 heavy (non-hydrogen) atoms. The molecular weight excluding hydrogens is 1770 g/mol. The van der Waals surface area contributed by atoms with Crippen LogP contribution in [-0.4, -0.2) is 28.6 Å². The Hall–Kier alpha value is -13.3. The molecule has 0 spiro atoms. The molecule has 11 aliphatic heterocycles. The van der Waals surface area contributed by atoms with Gasteiger partial charge in [0.2, 0.25) is 0 Å². The average Bonchev–Trinajstić information content (AvgIpc) is 0.672. The number of rotatable bonds is 7. The first-order valence-corrected chi connectivity index (χ1v) is 55.1. The summed E-state index contributed by atoms with van der Waals surface area (Å²) in [5.41, 5.74) is 47.7. The smallest absolute Gasteiger partial charge is 0.333 e. The van der Waals surface area contributed by atoms with Crippen molar-refractivity contribution in [3.63, 3.8) is 0 Å². The fourth-order valence-corrected chi connectivity index (χ4v) is 34.5. The van der Waals surface area contributed by atoms with Gasteiger partial charge in [-0.05, 0) is 300 Å². The molecular formula is C121H87B3N6OS5Si. The maximum atomic E-state index is 7.02. The lowest BCUT2D eigenvalue weighted by atomic mass is 9.43. The van der Waals surface area contributed by atoms with Crippen molar-refractivity contribution in [1.82, 2.24) is 0 Å². The van der Waals surface area contributed by atoms with E-state index >= 15 is 0 Å². The molecule has 0 saturated carbocycles. The van der Waals surface area contributed by atoms with Gasteiger partial charge in [0.05, 0.1) is 22.7 Å². The monoisotopic (exact) mass is 1860 g/mol.